The number of hydrogen-bond acceptors (Lipinski definition) is 4. The van der Waals surface area contributed by atoms with E-state index >= 15 is 0 Å². The van der Waals surface area contributed by atoms with Crippen molar-refractivity contribution in [2.75, 3.05) is 33.4 Å². The molecule has 4 nitrogen and oxygen atoms in total. The summed E-state index contributed by atoms with van der Waals surface area (Å²) in [4.78, 5) is 2.12. The third-order valence-corrected chi connectivity index (χ3v) is 3.89. The fourth-order valence-corrected chi connectivity index (χ4v) is 2.83. The summed E-state index contributed by atoms with van der Waals surface area (Å²) in [7, 11) is 2.02. The van der Waals surface area contributed by atoms with Crippen LogP contribution < -0.4 is 4.74 Å². The predicted molar refractivity (Wildman–Crippen MR) is 83.9 cm³/mol. The van der Waals surface area contributed by atoms with Crippen LogP contribution >= 0.6 is 0 Å². The molecule has 1 aliphatic rings. The summed E-state index contributed by atoms with van der Waals surface area (Å²) in [6, 6.07) is 6.07. The van der Waals surface area contributed by atoms with Crippen molar-refractivity contribution in [1.82, 2.24) is 4.90 Å². The van der Waals surface area contributed by atoms with Gasteiger partial charge in [-0.3, -0.25) is 0 Å². The summed E-state index contributed by atoms with van der Waals surface area (Å²) in [6.07, 6.45) is 2.10. The number of aryl methyl sites for hydroxylation is 2. The van der Waals surface area contributed by atoms with E-state index < -0.39 is 6.10 Å². The van der Waals surface area contributed by atoms with Crippen LogP contribution in [0.2, 0.25) is 0 Å². The fraction of sp³-hybridized carbons (Fsp3) is 0.647. The topological polar surface area (TPSA) is 41.9 Å². The molecule has 0 bridgehead atoms. The molecule has 1 aliphatic heterocycles. The molecule has 1 aromatic rings. The van der Waals surface area contributed by atoms with E-state index in [9.17, 15) is 5.11 Å². The number of hydrogen-bond donors (Lipinski definition) is 1. The van der Waals surface area contributed by atoms with Gasteiger partial charge >= 0.3 is 0 Å². The molecule has 0 aromatic heterocycles. The number of rotatable bonds is 7. The maximum atomic E-state index is 10.1. The number of para-hydroxylation sites is 1. The summed E-state index contributed by atoms with van der Waals surface area (Å²) in [6.45, 7) is 6.72. The Morgan fingerprint density at radius 3 is 2.71 bits per heavy atom. The van der Waals surface area contributed by atoms with Gasteiger partial charge in [0.15, 0.2) is 0 Å². The third kappa shape index (κ3) is 4.99. The molecule has 1 N–H and O–H groups in total. The summed E-state index contributed by atoms with van der Waals surface area (Å²) in [5, 5.41) is 10.1. The van der Waals surface area contributed by atoms with Crippen molar-refractivity contribution in [3.63, 3.8) is 0 Å². The minimum atomic E-state index is -0.490. The van der Waals surface area contributed by atoms with Gasteiger partial charge in [0.1, 0.15) is 18.5 Å². The molecule has 2 unspecified atom stereocenters. The third-order valence-electron chi connectivity index (χ3n) is 3.89. The molecule has 2 atom stereocenters. The Kier molecular flexibility index (Phi) is 6.03. The molecule has 0 saturated carbocycles. The van der Waals surface area contributed by atoms with E-state index in [4.69, 9.17) is 9.47 Å². The van der Waals surface area contributed by atoms with Gasteiger partial charge in [-0.15, -0.1) is 0 Å². The first-order valence-electron chi connectivity index (χ1n) is 7.73. The van der Waals surface area contributed by atoms with Gasteiger partial charge in [0.25, 0.3) is 0 Å². The average molecular weight is 293 g/mol. The predicted octanol–water partition coefficient (Wildman–Crippen LogP) is 2.15. The second-order valence-corrected chi connectivity index (χ2v) is 6.04. The minimum Gasteiger partial charge on any atom is -0.490 e. The van der Waals surface area contributed by atoms with Gasteiger partial charge in [0.2, 0.25) is 0 Å². The number of benzene rings is 1. The van der Waals surface area contributed by atoms with E-state index in [2.05, 4.69) is 4.90 Å². The Balaban J connectivity index is 1.75. The molecule has 2 rings (SSSR count). The second kappa shape index (κ2) is 7.78. The first-order valence-corrected chi connectivity index (χ1v) is 7.73. The molecule has 1 heterocycles. The molecule has 1 saturated heterocycles. The van der Waals surface area contributed by atoms with E-state index in [0.29, 0.717) is 19.3 Å². The van der Waals surface area contributed by atoms with E-state index in [1.165, 1.54) is 0 Å². The lowest BCUT2D eigenvalue weighted by Crippen LogP contribution is -2.37. The number of nitrogens with zero attached hydrogens (tertiary/aromatic N) is 1. The number of aliphatic hydroxyl groups is 1. The molecular weight excluding hydrogens is 266 g/mol. The summed E-state index contributed by atoms with van der Waals surface area (Å²) < 4.78 is 11.4. The molecule has 1 aromatic carbocycles. The molecule has 118 valence electrons. The van der Waals surface area contributed by atoms with Gasteiger partial charge in [-0.05, 0) is 44.9 Å². The first-order chi connectivity index (χ1) is 10.1. The highest BCUT2D eigenvalue weighted by molar-refractivity contribution is 5.39. The molecule has 0 aliphatic carbocycles. The Morgan fingerprint density at radius 2 is 2.10 bits per heavy atom. The molecule has 0 spiro atoms. The van der Waals surface area contributed by atoms with Crippen LogP contribution in [0.3, 0.4) is 0 Å². The molecule has 21 heavy (non-hydrogen) atoms. The quantitative estimate of drug-likeness (QED) is 0.836. The van der Waals surface area contributed by atoms with Crippen LogP contribution in [0.4, 0.5) is 0 Å². The average Bonchev–Trinajstić information content (AvgIpc) is 2.90. The molecule has 4 heteroatoms. The first kappa shape index (κ1) is 16.3. The monoisotopic (exact) mass is 293 g/mol. The molecular formula is C17H27NO3. The largest absolute Gasteiger partial charge is 0.490 e. The fourth-order valence-electron chi connectivity index (χ4n) is 2.83. The zero-order valence-electron chi connectivity index (χ0n) is 13.3. The van der Waals surface area contributed by atoms with Crippen molar-refractivity contribution < 1.29 is 14.6 Å². The van der Waals surface area contributed by atoms with Crippen molar-refractivity contribution in [1.29, 1.82) is 0 Å². The van der Waals surface area contributed by atoms with Crippen LogP contribution in [-0.2, 0) is 4.74 Å². The number of ether oxygens (including phenoxy) is 2. The van der Waals surface area contributed by atoms with E-state index in [1.54, 1.807) is 0 Å². The van der Waals surface area contributed by atoms with Crippen molar-refractivity contribution in [2.45, 2.75) is 38.9 Å². The van der Waals surface area contributed by atoms with Crippen LogP contribution in [0.15, 0.2) is 18.2 Å². The van der Waals surface area contributed by atoms with E-state index in [1.807, 2.05) is 39.1 Å². The van der Waals surface area contributed by atoms with Gasteiger partial charge in [0, 0.05) is 19.7 Å². The van der Waals surface area contributed by atoms with E-state index in [-0.39, 0.29) is 0 Å². The molecule has 0 amide bonds. The number of likely N-dealkylation sites (N-methyl/N-ethyl adjacent to an activating group) is 1. The normalized spacial score (nSPS) is 20.0. The van der Waals surface area contributed by atoms with Gasteiger partial charge < -0.3 is 19.5 Å². The van der Waals surface area contributed by atoms with Gasteiger partial charge in [-0.25, -0.2) is 0 Å². The highest BCUT2D eigenvalue weighted by atomic mass is 16.5. The zero-order valence-corrected chi connectivity index (χ0v) is 13.3. The maximum Gasteiger partial charge on any atom is 0.125 e. The van der Waals surface area contributed by atoms with Crippen molar-refractivity contribution in [3.8, 4) is 5.75 Å². The summed E-state index contributed by atoms with van der Waals surface area (Å²) in [5.74, 6) is 0.887. The van der Waals surface area contributed by atoms with Gasteiger partial charge in [0.05, 0.1) is 6.10 Å². The SMILES string of the molecule is Cc1cccc(C)c1OCC(O)CN(C)CC1CCCO1. The lowest BCUT2D eigenvalue weighted by Gasteiger charge is -2.23. The standard InChI is InChI=1S/C17H27NO3/c1-13-6-4-7-14(2)17(13)21-12-15(19)10-18(3)11-16-8-5-9-20-16/h4,6-7,15-16,19H,5,8-12H2,1-3H3. The Bertz CT molecular complexity index is 423. The van der Waals surface area contributed by atoms with Crippen molar-refractivity contribution >= 4 is 0 Å². The smallest absolute Gasteiger partial charge is 0.125 e. The zero-order chi connectivity index (χ0) is 15.2. The second-order valence-electron chi connectivity index (χ2n) is 6.04. The lowest BCUT2D eigenvalue weighted by atomic mass is 10.1. The molecule has 1 fully saturated rings. The van der Waals surface area contributed by atoms with Gasteiger partial charge in [-0.2, -0.15) is 0 Å². The maximum absolute atomic E-state index is 10.1. The van der Waals surface area contributed by atoms with Crippen LogP contribution in [0.25, 0.3) is 0 Å². The van der Waals surface area contributed by atoms with Crippen molar-refractivity contribution in [3.05, 3.63) is 29.3 Å². The van der Waals surface area contributed by atoms with Crippen LogP contribution in [0.5, 0.6) is 5.75 Å². The van der Waals surface area contributed by atoms with E-state index in [0.717, 1.165) is 42.9 Å². The van der Waals surface area contributed by atoms with Crippen LogP contribution in [-0.4, -0.2) is 55.6 Å². The highest BCUT2D eigenvalue weighted by Gasteiger charge is 2.19. The highest BCUT2D eigenvalue weighted by Crippen LogP contribution is 2.22. The van der Waals surface area contributed by atoms with Crippen LogP contribution in [0.1, 0.15) is 24.0 Å². The number of aliphatic hydroxyl groups excluding tert-OH is 1. The van der Waals surface area contributed by atoms with Crippen LogP contribution in [0, 0.1) is 13.8 Å². The minimum absolute atomic E-state index is 0.321. The molecule has 0 radical (unpaired) electrons. The Morgan fingerprint density at radius 1 is 1.38 bits per heavy atom. The van der Waals surface area contributed by atoms with Gasteiger partial charge in [-0.1, -0.05) is 18.2 Å². The Labute approximate surface area is 127 Å². The van der Waals surface area contributed by atoms with Crippen molar-refractivity contribution in [2.24, 2.45) is 0 Å². The summed E-state index contributed by atoms with van der Waals surface area (Å²) in [5.41, 5.74) is 2.21. The Hall–Kier alpha value is -1.10. The summed E-state index contributed by atoms with van der Waals surface area (Å²) >= 11 is 0. The lowest BCUT2D eigenvalue weighted by molar-refractivity contribution is 0.0441.